The van der Waals surface area contributed by atoms with Crippen LogP contribution in [0, 0.1) is 12.8 Å². The fourth-order valence-electron chi connectivity index (χ4n) is 3.87. The molecule has 1 amide bonds. The third kappa shape index (κ3) is 3.80. The molecule has 0 spiro atoms. The van der Waals surface area contributed by atoms with Gasteiger partial charge < -0.3 is 5.32 Å². The number of hydrogen-bond donors (Lipinski definition) is 1. The number of para-hydroxylation sites is 1. The Kier molecular flexibility index (Phi) is 5.69. The van der Waals surface area contributed by atoms with Crippen LogP contribution in [0.15, 0.2) is 29.6 Å². The Labute approximate surface area is 174 Å². The highest BCUT2D eigenvalue weighted by molar-refractivity contribution is 8.00. The molecule has 1 aromatic carbocycles. The molecule has 1 aliphatic carbocycles. The average Bonchev–Trinajstić information content (AvgIpc) is 3.05. The molecule has 2 heterocycles. The van der Waals surface area contributed by atoms with Gasteiger partial charge in [0.2, 0.25) is 5.91 Å². The standard InChI is InChI=1S/C22H25N3OS2/c1-4-15-7-5-6-14(3)20(15)25-18(26)11-27-21-19-16-9-8-13(2)10-17(16)28-22(19)24-12-23-21/h5-7,12-13H,4,8-11H2,1-3H3,(H,25,26)/t13-/m0/s1. The van der Waals surface area contributed by atoms with Gasteiger partial charge in [-0.25, -0.2) is 9.97 Å². The molecule has 0 saturated heterocycles. The third-order valence-corrected chi connectivity index (χ3v) is 7.55. The van der Waals surface area contributed by atoms with Crippen molar-refractivity contribution in [3.05, 3.63) is 46.1 Å². The summed E-state index contributed by atoms with van der Waals surface area (Å²) < 4.78 is 0. The normalized spacial score (nSPS) is 16.2. The Morgan fingerprint density at radius 1 is 1.36 bits per heavy atom. The van der Waals surface area contributed by atoms with Gasteiger partial charge in [-0.1, -0.05) is 43.8 Å². The van der Waals surface area contributed by atoms with Gasteiger partial charge in [-0.15, -0.1) is 11.3 Å². The van der Waals surface area contributed by atoms with Crippen molar-refractivity contribution in [3.63, 3.8) is 0 Å². The summed E-state index contributed by atoms with van der Waals surface area (Å²) in [5, 5.41) is 5.23. The molecule has 4 rings (SSSR count). The summed E-state index contributed by atoms with van der Waals surface area (Å²) >= 11 is 3.31. The molecule has 6 heteroatoms. The summed E-state index contributed by atoms with van der Waals surface area (Å²) in [5.41, 5.74) is 4.63. The molecule has 0 bridgehead atoms. The topological polar surface area (TPSA) is 54.9 Å². The lowest BCUT2D eigenvalue weighted by Gasteiger charge is -2.18. The van der Waals surface area contributed by atoms with Crippen LogP contribution < -0.4 is 5.32 Å². The van der Waals surface area contributed by atoms with E-state index in [4.69, 9.17) is 0 Å². The van der Waals surface area contributed by atoms with E-state index in [1.165, 1.54) is 39.6 Å². The van der Waals surface area contributed by atoms with Crippen molar-refractivity contribution in [3.8, 4) is 0 Å². The van der Waals surface area contributed by atoms with Gasteiger partial charge in [0.05, 0.1) is 5.75 Å². The second kappa shape index (κ2) is 8.21. The van der Waals surface area contributed by atoms with Gasteiger partial charge in [-0.2, -0.15) is 0 Å². The van der Waals surface area contributed by atoms with E-state index in [0.717, 1.165) is 46.3 Å². The number of benzene rings is 1. The van der Waals surface area contributed by atoms with E-state index in [-0.39, 0.29) is 5.91 Å². The fourth-order valence-corrected chi connectivity index (χ4v) is 6.11. The van der Waals surface area contributed by atoms with Gasteiger partial charge in [0.25, 0.3) is 0 Å². The fraction of sp³-hybridized carbons (Fsp3) is 0.409. The van der Waals surface area contributed by atoms with Gasteiger partial charge in [0.15, 0.2) is 0 Å². The maximum Gasteiger partial charge on any atom is 0.234 e. The van der Waals surface area contributed by atoms with Crippen LogP contribution >= 0.6 is 23.1 Å². The van der Waals surface area contributed by atoms with E-state index in [2.05, 4.69) is 35.2 Å². The zero-order chi connectivity index (χ0) is 19.7. The van der Waals surface area contributed by atoms with E-state index in [0.29, 0.717) is 5.75 Å². The highest BCUT2D eigenvalue weighted by atomic mass is 32.2. The van der Waals surface area contributed by atoms with Crippen molar-refractivity contribution in [1.29, 1.82) is 0 Å². The quantitative estimate of drug-likeness (QED) is 0.450. The second-order valence-electron chi connectivity index (χ2n) is 7.51. The summed E-state index contributed by atoms with van der Waals surface area (Å²) in [4.78, 5) is 24.2. The highest BCUT2D eigenvalue weighted by Gasteiger charge is 2.23. The number of carbonyl (C=O) groups excluding carboxylic acids is 1. The molecular formula is C22H25N3OS2. The number of aryl methyl sites for hydroxylation is 3. The number of anilines is 1. The Balaban J connectivity index is 1.53. The number of fused-ring (bicyclic) bond motifs is 3. The molecule has 2 aromatic heterocycles. The molecule has 1 aliphatic rings. The number of carbonyl (C=O) groups is 1. The first-order chi connectivity index (χ1) is 13.6. The largest absolute Gasteiger partial charge is 0.325 e. The molecule has 0 aliphatic heterocycles. The van der Waals surface area contributed by atoms with Crippen molar-refractivity contribution in [2.75, 3.05) is 11.1 Å². The van der Waals surface area contributed by atoms with Crippen molar-refractivity contribution in [2.45, 2.75) is 51.5 Å². The predicted molar refractivity (Wildman–Crippen MR) is 119 cm³/mol. The number of thioether (sulfide) groups is 1. The maximum atomic E-state index is 12.6. The first-order valence-corrected chi connectivity index (χ1v) is 11.6. The number of aromatic nitrogens is 2. The van der Waals surface area contributed by atoms with E-state index >= 15 is 0 Å². The maximum absolute atomic E-state index is 12.6. The van der Waals surface area contributed by atoms with Crippen LogP contribution in [0.25, 0.3) is 10.2 Å². The van der Waals surface area contributed by atoms with Crippen LogP contribution in [0.4, 0.5) is 5.69 Å². The predicted octanol–water partition coefficient (Wildman–Crippen LogP) is 5.42. The molecule has 4 nitrogen and oxygen atoms in total. The third-order valence-electron chi connectivity index (χ3n) is 5.40. The smallest absolute Gasteiger partial charge is 0.234 e. The molecule has 146 valence electrons. The summed E-state index contributed by atoms with van der Waals surface area (Å²) in [6.07, 6.45) is 5.97. The van der Waals surface area contributed by atoms with Gasteiger partial charge in [0, 0.05) is 16.0 Å². The number of rotatable bonds is 5. The lowest BCUT2D eigenvalue weighted by Crippen LogP contribution is -2.16. The summed E-state index contributed by atoms with van der Waals surface area (Å²) in [7, 11) is 0. The number of amides is 1. The monoisotopic (exact) mass is 411 g/mol. The van der Waals surface area contributed by atoms with Crippen molar-refractivity contribution < 1.29 is 4.79 Å². The molecule has 0 unspecified atom stereocenters. The first kappa shape index (κ1) is 19.4. The Morgan fingerprint density at radius 3 is 3.04 bits per heavy atom. The molecule has 1 atom stereocenters. The van der Waals surface area contributed by atoms with Crippen LogP contribution in [-0.2, 0) is 24.1 Å². The van der Waals surface area contributed by atoms with Gasteiger partial charge in [0.1, 0.15) is 16.2 Å². The lowest BCUT2D eigenvalue weighted by atomic mass is 9.89. The molecule has 0 saturated carbocycles. The number of nitrogens with zero attached hydrogens (tertiary/aromatic N) is 2. The minimum Gasteiger partial charge on any atom is -0.325 e. The van der Waals surface area contributed by atoms with Crippen molar-refractivity contribution >= 4 is 44.9 Å². The van der Waals surface area contributed by atoms with Crippen LogP contribution in [0.3, 0.4) is 0 Å². The van der Waals surface area contributed by atoms with E-state index < -0.39 is 0 Å². The van der Waals surface area contributed by atoms with Crippen molar-refractivity contribution in [1.82, 2.24) is 9.97 Å². The summed E-state index contributed by atoms with van der Waals surface area (Å²) in [6.45, 7) is 6.46. The Morgan fingerprint density at radius 2 is 2.21 bits per heavy atom. The zero-order valence-corrected chi connectivity index (χ0v) is 18.2. The molecule has 28 heavy (non-hydrogen) atoms. The van der Waals surface area contributed by atoms with Crippen LogP contribution in [0.5, 0.6) is 0 Å². The van der Waals surface area contributed by atoms with Crippen LogP contribution in [-0.4, -0.2) is 21.6 Å². The van der Waals surface area contributed by atoms with Crippen molar-refractivity contribution in [2.24, 2.45) is 5.92 Å². The number of thiophene rings is 1. The lowest BCUT2D eigenvalue weighted by molar-refractivity contribution is -0.113. The zero-order valence-electron chi connectivity index (χ0n) is 16.5. The highest BCUT2D eigenvalue weighted by Crippen LogP contribution is 2.40. The SMILES string of the molecule is CCc1cccc(C)c1NC(=O)CSc1ncnc2sc3c(c12)CC[C@H](C)C3. The summed E-state index contributed by atoms with van der Waals surface area (Å²) in [6, 6.07) is 6.15. The molecule has 0 radical (unpaired) electrons. The van der Waals surface area contributed by atoms with Crippen LogP contribution in [0.2, 0.25) is 0 Å². The van der Waals surface area contributed by atoms with Crippen LogP contribution in [0.1, 0.15) is 41.8 Å². The number of hydrogen-bond acceptors (Lipinski definition) is 5. The van der Waals surface area contributed by atoms with E-state index in [1.807, 2.05) is 19.1 Å². The Hall–Kier alpha value is -1.92. The number of nitrogens with one attached hydrogen (secondary N) is 1. The molecule has 0 fully saturated rings. The average molecular weight is 412 g/mol. The minimum absolute atomic E-state index is 0.0125. The van der Waals surface area contributed by atoms with E-state index in [9.17, 15) is 4.79 Å². The van der Waals surface area contributed by atoms with Gasteiger partial charge >= 0.3 is 0 Å². The van der Waals surface area contributed by atoms with Gasteiger partial charge in [-0.05, 0) is 55.2 Å². The first-order valence-electron chi connectivity index (χ1n) is 9.83. The second-order valence-corrected chi connectivity index (χ2v) is 9.56. The minimum atomic E-state index is 0.0125. The summed E-state index contributed by atoms with van der Waals surface area (Å²) in [5.74, 6) is 1.10. The molecule has 1 N–H and O–H groups in total. The molecular weight excluding hydrogens is 386 g/mol. The Bertz CT molecular complexity index is 1030. The van der Waals surface area contributed by atoms with E-state index in [1.54, 1.807) is 17.7 Å². The van der Waals surface area contributed by atoms with Gasteiger partial charge in [-0.3, -0.25) is 4.79 Å². The molecule has 3 aromatic rings.